The third-order valence-electron chi connectivity index (χ3n) is 3.83. The van der Waals surface area contributed by atoms with Crippen molar-refractivity contribution in [3.05, 3.63) is 30.0 Å². The molecule has 0 fully saturated rings. The molecule has 0 saturated carbocycles. The Labute approximate surface area is 146 Å². The summed E-state index contributed by atoms with van der Waals surface area (Å²) < 4.78 is 6.69. The second kappa shape index (κ2) is 5.91. The predicted octanol–water partition coefficient (Wildman–Crippen LogP) is 3.51. The second-order valence-electron chi connectivity index (χ2n) is 7.15. The van der Waals surface area contributed by atoms with Crippen LogP contribution in [0.5, 0.6) is 0 Å². The summed E-state index contributed by atoms with van der Waals surface area (Å²) in [6.45, 7) is 7.53. The molecule has 7 heteroatoms. The number of para-hydroxylation sites is 1. The zero-order valence-electron chi connectivity index (χ0n) is 15.1. The Bertz CT molecular complexity index is 848. The summed E-state index contributed by atoms with van der Waals surface area (Å²) in [5.41, 5.74) is 3.54. The molecule has 25 heavy (non-hydrogen) atoms. The van der Waals surface area contributed by atoms with E-state index in [0.717, 1.165) is 22.5 Å². The van der Waals surface area contributed by atoms with Gasteiger partial charge in [0.2, 0.25) is 5.91 Å². The lowest BCUT2D eigenvalue weighted by Gasteiger charge is -2.29. The average Bonchev–Trinajstić information content (AvgIpc) is 2.89. The fourth-order valence-electron chi connectivity index (χ4n) is 2.91. The molecule has 0 saturated heterocycles. The molecule has 2 aromatic rings. The van der Waals surface area contributed by atoms with E-state index in [0.29, 0.717) is 12.2 Å². The van der Waals surface area contributed by atoms with Gasteiger partial charge in [0.1, 0.15) is 5.60 Å². The van der Waals surface area contributed by atoms with Gasteiger partial charge in [-0.25, -0.2) is 9.48 Å². The van der Waals surface area contributed by atoms with Crippen LogP contribution in [0.15, 0.2) is 24.4 Å². The van der Waals surface area contributed by atoms with Gasteiger partial charge in [-0.3, -0.25) is 10.1 Å². The van der Waals surface area contributed by atoms with Crippen molar-refractivity contribution in [1.29, 1.82) is 0 Å². The maximum absolute atomic E-state index is 12.1. The average molecular weight is 342 g/mol. The quantitative estimate of drug-likeness (QED) is 0.858. The van der Waals surface area contributed by atoms with Gasteiger partial charge in [0.15, 0.2) is 0 Å². The fourth-order valence-corrected chi connectivity index (χ4v) is 2.91. The van der Waals surface area contributed by atoms with E-state index < -0.39 is 11.7 Å². The molecular formula is C18H22N4O3. The lowest BCUT2D eigenvalue weighted by atomic mass is 9.99. The molecule has 1 amide bonds. The molecule has 2 heterocycles. The molecule has 1 aliphatic rings. The Morgan fingerprint density at radius 1 is 1.28 bits per heavy atom. The number of amides is 1. The van der Waals surface area contributed by atoms with Gasteiger partial charge in [0.05, 0.1) is 17.1 Å². The Morgan fingerprint density at radius 2 is 2.00 bits per heavy atom. The highest BCUT2D eigenvalue weighted by atomic mass is 16.6. The van der Waals surface area contributed by atoms with Gasteiger partial charge in [-0.2, -0.15) is 5.10 Å². The summed E-state index contributed by atoms with van der Waals surface area (Å²) >= 11 is 0. The number of fused-ring (bicyclic) bond motifs is 3. The van der Waals surface area contributed by atoms with Crippen LogP contribution in [0.3, 0.4) is 0 Å². The van der Waals surface area contributed by atoms with Crippen LogP contribution >= 0.6 is 0 Å². The number of hydrogen-bond donors (Lipinski definition) is 1. The molecule has 0 unspecified atom stereocenters. The molecular weight excluding hydrogens is 320 g/mol. The van der Waals surface area contributed by atoms with E-state index in [4.69, 9.17) is 4.74 Å². The largest absolute Gasteiger partial charge is 0.444 e. The van der Waals surface area contributed by atoms with E-state index in [1.165, 1.54) is 11.6 Å². The molecule has 0 radical (unpaired) electrons. The molecule has 0 aliphatic carbocycles. The molecule has 1 aromatic heterocycles. The zero-order valence-corrected chi connectivity index (χ0v) is 15.1. The number of rotatable bonds is 1. The predicted molar refractivity (Wildman–Crippen MR) is 95.9 cm³/mol. The number of anilines is 2. The maximum atomic E-state index is 12.1. The molecule has 0 bridgehead atoms. The standard InChI is InChI=1S/C18H22N4O3/c1-11(23)22-10-12-9-21(5)16-13(15(12)20-22)7-6-8-14(16)19-17(24)25-18(2,3)4/h6-8,10H,9H2,1-5H3,(H,19,24). The second-order valence-corrected chi connectivity index (χ2v) is 7.15. The molecule has 1 N–H and O–H groups in total. The number of carbonyl (C=O) groups excluding carboxylic acids is 2. The SMILES string of the molecule is CC(=O)n1cc2c(n1)-c1cccc(NC(=O)OC(C)(C)C)c1N(C)C2. The van der Waals surface area contributed by atoms with Crippen LogP contribution in [-0.2, 0) is 11.3 Å². The summed E-state index contributed by atoms with van der Waals surface area (Å²) in [7, 11) is 1.94. The monoisotopic (exact) mass is 342 g/mol. The summed E-state index contributed by atoms with van der Waals surface area (Å²) in [5, 5.41) is 7.22. The number of hydrogen-bond acceptors (Lipinski definition) is 5. The molecule has 0 atom stereocenters. The Hall–Kier alpha value is -2.83. The van der Waals surface area contributed by atoms with Gasteiger partial charge < -0.3 is 9.64 Å². The number of nitrogens with zero attached hydrogens (tertiary/aromatic N) is 3. The summed E-state index contributed by atoms with van der Waals surface area (Å²) in [6, 6.07) is 5.61. The first kappa shape index (κ1) is 17.0. The van der Waals surface area contributed by atoms with Crippen molar-refractivity contribution >= 4 is 23.4 Å². The van der Waals surface area contributed by atoms with Crippen LogP contribution in [0.25, 0.3) is 11.3 Å². The summed E-state index contributed by atoms with van der Waals surface area (Å²) in [6.07, 6.45) is 1.25. The van der Waals surface area contributed by atoms with Crippen molar-refractivity contribution in [2.24, 2.45) is 0 Å². The Morgan fingerprint density at radius 3 is 2.64 bits per heavy atom. The van der Waals surface area contributed by atoms with E-state index in [-0.39, 0.29) is 5.91 Å². The molecule has 0 spiro atoms. The lowest BCUT2D eigenvalue weighted by molar-refractivity contribution is 0.0635. The van der Waals surface area contributed by atoms with Crippen LogP contribution in [0.2, 0.25) is 0 Å². The molecule has 1 aromatic carbocycles. The van der Waals surface area contributed by atoms with E-state index >= 15 is 0 Å². The van der Waals surface area contributed by atoms with E-state index in [9.17, 15) is 9.59 Å². The van der Waals surface area contributed by atoms with Crippen LogP contribution < -0.4 is 10.2 Å². The minimum absolute atomic E-state index is 0.137. The van der Waals surface area contributed by atoms with Gasteiger partial charge in [-0.05, 0) is 26.8 Å². The van der Waals surface area contributed by atoms with E-state index in [1.807, 2.05) is 50.9 Å². The highest BCUT2D eigenvalue weighted by Gasteiger charge is 2.27. The van der Waals surface area contributed by atoms with E-state index in [1.54, 1.807) is 6.20 Å². The van der Waals surface area contributed by atoms with Gasteiger partial charge in [0.25, 0.3) is 0 Å². The number of nitrogens with one attached hydrogen (secondary N) is 1. The summed E-state index contributed by atoms with van der Waals surface area (Å²) in [4.78, 5) is 25.8. The first-order valence-corrected chi connectivity index (χ1v) is 8.10. The number of ether oxygens (including phenoxy) is 1. The number of aromatic nitrogens is 2. The van der Waals surface area contributed by atoms with Crippen molar-refractivity contribution in [3.8, 4) is 11.3 Å². The smallest absolute Gasteiger partial charge is 0.412 e. The normalized spacial score (nSPS) is 13.1. The Kier molecular flexibility index (Phi) is 4.02. The van der Waals surface area contributed by atoms with Crippen molar-refractivity contribution in [3.63, 3.8) is 0 Å². The first-order valence-electron chi connectivity index (χ1n) is 8.10. The van der Waals surface area contributed by atoms with Gasteiger partial charge in [-0.15, -0.1) is 0 Å². The molecule has 1 aliphatic heterocycles. The third kappa shape index (κ3) is 3.35. The first-order chi connectivity index (χ1) is 11.7. The highest BCUT2D eigenvalue weighted by molar-refractivity contribution is 5.97. The topological polar surface area (TPSA) is 76.5 Å². The number of benzene rings is 1. The van der Waals surface area contributed by atoms with Crippen LogP contribution in [0, 0.1) is 0 Å². The number of carbonyl (C=O) groups is 2. The van der Waals surface area contributed by atoms with Crippen LogP contribution in [0.1, 0.15) is 38.1 Å². The minimum atomic E-state index is -0.571. The molecule has 7 nitrogen and oxygen atoms in total. The Balaban J connectivity index is 2.00. The molecule has 3 rings (SSSR count). The lowest BCUT2D eigenvalue weighted by Crippen LogP contribution is -2.28. The van der Waals surface area contributed by atoms with Gasteiger partial charge in [-0.1, -0.05) is 12.1 Å². The highest BCUT2D eigenvalue weighted by Crippen LogP contribution is 2.42. The third-order valence-corrected chi connectivity index (χ3v) is 3.83. The van der Waals surface area contributed by atoms with Crippen LogP contribution in [0.4, 0.5) is 16.2 Å². The zero-order chi connectivity index (χ0) is 18.4. The van der Waals surface area contributed by atoms with Crippen molar-refractivity contribution < 1.29 is 14.3 Å². The van der Waals surface area contributed by atoms with Crippen molar-refractivity contribution in [1.82, 2.24) is 9.78 Å². The molecule has 132 valence electrons. The van der Waals surface area contributed by atoms with E-state index in [2.05, 4.69) is 10.4 Å². The summed E-state index contributed by atoms with van der Waals surface area (Å²) in [5.74, 6) is -0.137. The van der Waals surface area contributed by atoms with Crippen LogP contribution in [-0.4, -0.2) is 34.4 Å². The van der Waals surface area contributed by atoms with Crippen molar-refractivity contribution in [2.75, 3.05) is 17.3 Å². The fraction of sp³-hybridized carbons (Fsp3) is 0.389. The van der Waals surface area contributed by atoms with Crippen molar-refractivity contribution in [2.45, 2.75) is 39.8 Å². The van der Waals surface area contributed by atoms with Gasteiger partial charge in [0, 0.05) is 37.8 Å². The minimum Gasteiger partial charge on any atom is -0.444 e. The maximum Gasteiger partial charge on any atom is 0.412 e. The van der Waals surface area contributed by atoms with Gasteiger partial charge >= 0.3 is 6.09 Å².